The van der Waals surface area contributed by atoms with Gasteiger partial charge in [-0.2, -0.15) is 0 Å². The lowest BCUT2D eigenvalue weighted by Gasteiger charge is -2.44. The number of esters is 1. The average molecular weight is 373 g/mol. The van der Waals surface area contributed by atoms with Gasteiger partial charge in [-0.3, -0.25) is 0 Å². The molecular formula is C24H36O3. The molecule has 1 saturated carbocycles. The van der Waals surface area contributed by atoms with Crippen molar-refractivity contribution in [3.05, 3.63) is 48.0 Å². The van der Waals surface area contributed by atoms with Crippen molar-refractivity contribution in [2.75, 3.05) is 0 Å². The molecule has 0 heterocycles. The van der Waals surface area contributed by atoms with Crippen LogP contribution < -0.4 is 0 Å². The lowest BCUT2D eigenvalue weighted by molar-refractivity contribution is -0.166. The van der Waals surface area contributed by atoms with Crippen molar-refractivity contribution < 1.29 is 14.6 Å². The molecule has 0 spiro atoms. The van der Waals surface area contributed by atoms with Crippen molar-refractivity contribution in [3.8, 4) is 0 Å². The molecule has 1 aromatic rings. The molecule has 0 amide bonds. The molecule has 0 saturated heterocycles. The largest absolute Gasteiger partial charge is 0.460 e. The van der Waals surface area contributed by atoms with Crippen LogP contribution in [0.2, 0.25) is 0 Å². The number of unbranched alkanes of at least 4 members (excludes halogenated alkanes) is 1. The second kappa shape index (κ2) is 10.1. The Bertz CT molecular complexity index is 605. The maximum atomic E-state index is 12.5. The number of aliphatic hydroxyl groups excluding tert-OH is 1. The first-order chi connectivity index (χ1) is 12.9. The monoisotopic (exact) mass is 372 g/mol. The Labute approximate surface area is 164 Å². The lowest BCUT2D eigenvalue weighted by atomic mass is 9.64. The first kappa shape index (κ1) is 21.7. The van der Waals surface area contributed by atoms with Gasteiger partial charge in [-0.1, -0.05) is 83.0 Å². The molecule has 0 bridgehead atoms. The molecule has 1 aliphatic carbocycles. The Morgan fingerprint density at radius 2 is 1.96 bits per heavy atom. The summed E-state index contributed by atoms with van der Waals surface area (Å²) in [6, 6.07) is 10.5. The summed E-state index contributed by atoms with van der Waals surface area (Å²) in [5.74, 6) is 0.305. The zero-order valence-electron chi connectivity index (χ0n) is 17.4. The SMILES string of the molecule is CCC/C=C/CC(O)C(=O)OC1CC(C)CCC1C(C)(C)c1ccccc1. The first-order valence-corrected chi connectivity index (χ1v) is 10.4. The van der Waals surface area contributed by atoms with E-state index in [9.17, 15) is 9.90 Å². The fourth-order valence-electron chi connectivity index (χ4n) is 4.20. The smallest absolute Gasteiger partial charge is 0.335 e. The number of ether oxygens (including phenoxy) is 1. The van der Waals surface area contributed by atoms with Gasteiger partial charge in [0.15, 0.2) is 6.10 Å². The van der Waals surface area contributed by atoms with Crippen LogP contribution in [0, 0.1) is 11.8 Å². The van der Waals surface area contributed by atoms with E-state index < -0.39 is 12.1 Å². The minimum atomic E-state index is -1.07. The van der Waals surface area contributed by atoms with Gasteiger partial charge in [-0.25, -0.2) is 4.79 Å². The van der Waals surface area contributed by atoms with Crippen LogP contribution in [0.4, 0.5) is 0 Å². The molecule has 1 N–H and O–H groups in total. The highest BCUT2D eigenvalue weighted by Crippen LogP contribution is 2.43. The summed E-state index contributed by atoms with van der Waals surface area (Å²) in [5, 5.41) is 10.2. The molecule has 0 aliphatic heterocycles. The van der Waals surface area contributed by atoms with Crippen molar-refractivity contribution in [2.24, 2.45) is 11.8 Å². The van der Waals surface area contributed by atoms with Gasteiger partial charge < -0.3 is 9.84 Å². The van der Waals surface area contributed by atoms with E-state index in [-0.39, 0.29) is 17.4 Å². The van der Waals surface area contributed by atoms with E-state index >= 15 is 0 Å². The van der Waals surface area contributed by atoms with Gasteiger partial charge in [0.05, 0.1) is 0 Å². The maximum absolute atomic E-state index is 12.5. The number of benzene rings is 1. The Morgan fingerprint density at radius 3 is 2.63 bits per heavy atom. The predicted octanol–water partition coefficient (Wildman–Crippen LogP) is 5.42. The Kier molecular flexibility index (Phi) is 8.09. The van der Waals surface area contributed by atoms with Crippen molar-refractivity contribution in [1.29, 1.82) is 0 Å². The molecule has 2 rings (SSSR count). The quantitative estimate of drug-likeness (QED) is 0.489. The summed E-state index contributed by atoms with van der Waals surface area (Å²) in [5.41, 5.74) is 1.19. The van der Waals surface area contributed by atoms with Gasteiger partial charge in [0.25, 0.3) is 0 Å². The maximum Gasteiger partial charge on any atom is 0.335 e. The predicted molar refractivity (Wildman–Crippen MR) is 111 cm³/mol. The molecule has 0 aromatic heterocycles. The highest BCUT2D eigenvalue weighted by molar-refractivity contribution is 5.74. The van der Waals surface area contributed by atoms with Crippen LogP contribution in [0.25, 0.3) is 0 Å². The van der Waals surface area contributed by atoms with Crippen molar-refractivity contribution in [3.63, 3.8) is 0 Å². The highest BCUT2D eigenvalue weighted by Gasteiger charge is 2.42. The third kappa shape index (κ3) is 5.93. The highest BCUT2D eigenvalue weighted by atomic mass is 16.6. The van der Waals surface area contributed by atoms with Crippen LogP contribution >= 0.6 is 0 Å². The second-order valence-electron chi connectivity index (χ2n) is 8.60. The van der Waals surface area contributed by atoms with Gasteiger partial charge in [-0.15, -0.1) is 0 Å². The molecule has 1 aromatic carbocycles. The molecule has 150 valence electrons. The zero-order chi connectivity index (χ0) is 19.9. The Balaban J connectivity index is 2.08. The summed E-state index contributed by atoms with van der Waals surface area (Å²) in [7, 11) is 0. The third-order valence-corrected chi connectivity index (χ3v) is 6.02. The van der Waals surface area contributed by atoms with Crippen molar-refractivity contribution >= 4 is 5.97 Å². The molecule has 1 fully saturated rings. The van der Waals surface area contributed by atoms with E-state index in [2.05, 4.69) is 52.0 Å². The summed E-state index contributed by atoms with van der Waals surface area (Å²) in [6.07, 6.45) is 8.08. The zero-order valence-corrected chi connectivity index (χ0v) is 17.4. The summed E-state index contributed by atoms with van der Waals surface area (Å²) >= 11 is 0. The van der Waals surface area contributed by atoms with E-state index in [0.29, 0.717) is 12.3 Å². The Morgan fingerprint density at radius 1 is 1.26 bits per heavy atom. The molecule has 3 heteroatoms. The fraction of sp³-hybridized carbons (Fsp3) is 0.625. The summed E-state index contributed by atoms with van der Waals surface area (Å²) in [6.45, 7) is 8.81. The third-order valence-electron chi connectivity index (χ3n) is 6.02. The number of aliphatic hydroxyl groups is 1. The van der Waals surface area contributed by atoms with E-state index in [4.69, 9.17) is 4.74 Å². The second-order valence-corrected chi connectivity index (χ2v) is 8.60. The number of allylic oxidation sites excluding steroid dienone is 1. The fourth-order valence-corrected chi connectivity index (χ4v) is 4.20. The molecule has 4 atom stereocenters. The van der Waals surface area contributed by atoms with E-state index in [0.717, 1.165) is 32.1 Å². The average Bonchev–Trinajstić information content (AvgIpc) is 2.65. The van der Waals surface area contributed by atoms with Crippen LogP contribution in [0.3, 0.4) is 0 Å². The van der Waals surface area contributed by atoms with Crippen LogP contribution in [0.1, 0.15) is 71.8 Å². The number of rotatable bonds is 8. The number of carbonyl (C=O) groups excluding carboxylic acids is 1. The van der Waals surface area contributed by atoms with Gasteiger partial charge in [-0.05, 0) is 36.2 Å². The standard InChI is InChI=1S/C24H36O3/c1-5-6-7-11-14-21(25)23(26)27-22-17-18(2)15-16-20(22)24(3,4)19-12-9-8-10-13-19/h7-13,18,20-22,25H,5-6,14-17H2,1-4H3/b11-7+. The number of hydrogen-bond acceptors (Lipinski definition) is 3. The van der Waals surface area contributed by atoms with E-state index in [1.807, 2.05) is 18.2 Å². The molecule has 0 radical (unpaired) electrons. The lowest BCUT2D eigenvalue weighted by Crippen LogP contribution is -2.44. The van der Waals surface area contributed by atoms with Crippen LogP contribution in [0.15, 0.2) is 42.5 Å². The first-order valence-electron chi connectivity index (χ1n) is 10.4. The number of carbonyl (C=O) groups is 1. The number of hydrogen-bond donors (Lipinski definition) is 1. The van der Waals surface area contributed by atoms with Gasteiger partial charge in [0.1, 0.15) is 6.10 Å². The van der Waals surface area contributed by atoms with Crippen LogP contribution in [-0.4, -0.2) is 23.3 Å². The Hall–Kier alpha value is -1.61. The van der Waals surface area contributed by atoms with E-state index in [1.54, 1.807) is 0 Å². The van der Waals surface area contributed by atoms with Gasteiger partial charge in [0, 0.05) is 12.3 Å². The molecule has 27 heavy (non-hydrogen) atoms. The normalized spacial score (nSPS) is 24.7. The van der Waals surface area contributed by atoms with Gasteiger partial charge in [0.2, 0.25) is 0 Å². The van der Waals surface area contributed by atoms with Gasteiger partial charge >= 0.3 is 5.97 Å². The van der Waals surface area contributed by atoms with E-state index in [1.165, 1.54) is 5.56 Å². The van der Waals surface area contributed by atoms with Crippen molar-refractivity contribution in [2.45, 2.75) is 83.8 Å². The molecule has 3 nitrogen and oxygen atoms in total. The summed E-state index contributed by atoms with van der Waals surface area (Å²) < 4.78 is 5.88. The topological polar surface area (TPSA) is 46.5 Å². The van der Waals surface area contributed by atoms with Crippen molar-refractivity contribution in [1.82, 2.24) is 0 Å². The summed E-state index contributed by atoms with van der Waals surface area (Å²) in [4.78, 5) is 12.5. The molecule has 1 aliphatic rings. The van der Waals surface area contributed by atoms with Crippen LogP contribution in [-0.2, 0) is 14.9 Å². The molecular weight excluding hydrogens is 336 g/mol. The minimum absolute atomic E-state index is 0.0850. The molecule has 4 unspecified atom stereocenters. The minimum Gasteiger partial charge on any atom is -0.460 e. The van der Waals surface area contributed by atoms with Crippen LogP contribution in [0.5, 0.6) is 0 Å².